The van der Waals surface area contributed by atoms with Crippen LogP contribution in [-0.4, -0.2) is 17.6 Å². The van der Waals surface area contributed by atoms with E-state index in [0.717, 1.165) is 19.4 Å². The molecule has 0 spiro atoms. The highest BCUT2D eigenvalue weighted by molar-refractivity contribution is 7.09. The Kier molecular flexibility index (Phi) is 7.94. The predicted octanol–water partition coefficient (Wildman–Crippen LogP) is 4.11. The zero-order valence-electron chi connectivity index (χ0n) is 11.7. The molecule has 3 heteroatoms. The van der Waals surface area contributed by atoms with Gasteiger partial charge in [0.1, 0.15) is 0 Å². The smallest absolute Gasteiger partial charge is 0.0897 e. The van der Waals surface area contributed by atoms with Gasteiger partial charge in [0, 0.05) is 17.8 Å². The summed E-state index contributed by atoms with van der Waals surface area (Å²) >= 11 is 1.75. The molecule has 1 atom stereocenters. The zero-order chi connectivity index (χ0) is 13.2. The fourth-order valence-corrected chi connectivity index (χ4v) is 2.80. The number of allylic oxidation sites excluding steroid dienone is 1. The van der Waals surface area contributed by atoms with E-state index in [2.05, 4.69) is 36.1 Å². The first-order chi connectivity index (χ1) is 8.76. The summed E-state index contributed by atoms with van der Waals surface area (Å²) in [5, 5.41) is 6.94. The third-order valence-electron chi connectivity index (χ3n) is 3.08. The van der Waals surface area contributed by atoms with Crippen LogP contribution in [0, 0.1) is 6.92 Å². The van der Waals surface area contributed by atoms with Crippen molar-refractivity contribution in [3.63, 3.8) is 0 Å². The number of hydrogen-bond donors (Lipinski definition) is 1. The number of aryl methyl sites for hydroxylation is 1. The van der Waals surface area contributed by atoms with Crippen molar-refractivity contribution >= 4 is 11.3 Å². The second-order valence-electron chi connectivity index (χ2n) is 4.74. The molecule has 0 aliphatic carbocycles. The van der Waals surface area contributed by atoms with E-state index in [9.17, 15) is 0 Å². The Morgan fingerprint density at radius 2 is 2.28 bits per heavy atom. The van der Waals surface area contributed by atoms with Crippen molar-refractivity contribution in [2.45, 2.75) is 58.4 Å². The fraction of sp³-hybridized carbons (Fsp3) is 0.667. The van der Waals surface area contributed by atoms with E-state index in [-0.39, 0.29) is 0 Å². The zero-order valence-corrected chi connectivity index (χ0v) is 12.6. The Labute approximate surface area is 116 Å². The first-order valence-corrected chi connectivity index (χ1v) is 7.89. The fourth-order valence-electron chi connectivity index (χ4n) is 2.18. The summed E-state index contributed by atoms with van der Waals surface area (Å²) in [5.74, 6) is 0. The summed E-state index contributed by atoms with van der Waals surface area (Å²) in [6, 6.07) is 0.584. The molecule has 0 aliphatic heterocycles. The average molecular weight is 266 g/mol. The lowest BCUT2D eigenvalue weighted by Crippen LogP contribution is -2.31. The molecule has 1 N–H and O–H groups in total. The molecule has 0 saturated heterocycles. The molecule has 2 nitrogen and oxygen atoms in total. The minimum absolute atomic E-state index is 0.584. The average Bonchev–Trinajstić information content (AvgIpc) is 2.75. The highest BCUT2D eigenvalue weighted by Crippen LogP contribution is 2.13. The molecule has 18 heavy (non-hydrogen) atoms. The molecule has 1 rings (SSSR count). The second-order valence-corrected chi connectivity index (χ2v) is 5.81. The van der Waals surface area contributed by atoms with Crippen LogP contribution in [0.5, 0.6) is 0 Å². The van der Waals surface area contributed by atoms with E-state index >= 15 is 0 Å². The molecule has 0 fully saturated rings. The van der Waals surface area contributed by atoms with Crippen LogP contribution >= 0.6 is 11.3 Å². The molecule has 0 bridgehead atoms. The highest BCUT2D eigenvalue weighted by Gasteiger charge is 2.10. The summed E-state index contributed by atoms with van der Waals surface area (Å²) in [6.07, 6.45) is 9.37. The summed E-state index contributed by atoms with van der Waals surface area (Å²) in [7, 11) is 0. The van der Waals surface area contributed by atoms with Gasteiger partial charge in [0.15, 0.2) is 0 Å². The number of nitrogens with one attached hydrogen (secondary N) is 1. The number of hydrogen-bond acceptors (Lipinski definition) is 3. The van der Waals surface area contributed by atoms with Crippen LogP contribution in [0.4, 0.5) is 0 Å². The SMILES string of the molecule is C=CCCCCCC(Cc1csc(C)n1)NCC. The number of aromatic nitrogens is 1. The number of rotatable bonds is 10. The van der Waals surface area contributed by atoms with E-state index in [0.29, 0.717) is 6.04 Å². The molecule has 1 heterocycles. The first kappa shape index (κ1) is 15.4. The maximum absolute atomic E-state index is 4.56. The third kappa shape index (κ3) is 6.31. The predicted molar refractivity (Wildman–Crippen MR) is 81.3 cm³/mol. The lowest BCUT2D eigenvalue weighted by atomic mass is 10.0. The Hall–Kier alpha value is -0.670. The topological polar surface area (TPSA) is 24.9 Å². The normalized spacial score (nSPS) is 12.6. The number of unbranched alkanes of at least 4 members (excludes halogenated alkanes) is 3. The van der Waals surface area contributed by atoms with Crippen molar-refractivity contribution in [3.8, 4) is 0 Å². The van der Waals surface area contributed by atoms with Crippen molar-refractivity contribution in [1.29, 1.82) is 0 Å². The van der Waals surface area contributed by atoms with Crippen molar-refractivity contribution in [1.82, 2.24) is 10.3 Å². The maximum atomic E-state index is 4.56. The summed E-state index contributed by atoms with van der Waals surface area (Å²) in [6.45, 7) is 9.06. The van der Waals surface area contributed by atoms with Gasteiger partial charge in [0.05, 0.1) is 10.7 Å². The number of thiazole rings is 1. The van der Waals surface area contributed by atoms with Gasteiger partial charge in [0.25, 0.3) is 0 Å². The van der Waals surface area contributed by atoms with Crippen LogP contribution in [0.15, 0.2) is 18.0 Å². The monoisotopic (exact) mass is 266 g/mol. The van der Waals surface area contributed by atoms with Crippen LogP contribution in [-0.2, 0) is 6.42 Å². The first-order valence-electron chi connectivity index (χ1n) is 7.01. The summed E-state index contributed by atoms with van der Waals surface area (Å²) in [5.41, 5.74) is 1.24. The molecule has 0 aromatic carbocycles. The summed E-state index contributed by atoms with van der Waals surface area (Å²) in [4.78, 5) is 4.56. The van der Waals surface area contributed by atoms with E-state index in [1.54, 1.807) is 11.3 Å². The van der Waals surface area contributed by atoms with Crippen molar-refractivity contribution in [3.05, 3.63) is 28.7 Å². The Balaban J connectivity index is 2.28. The molecule has 1 unspecified atom stereocenters. The number of likely N-dealkylation sites (N-methyl/N-ethyl adjacent to an activating group) is 1. The Morgan fingerprint density at radius 1 is 1.44 bits per heavy atom. The van der Waals surface area contributed by atoms with Gasteiger partial charge in [-0.05, 0) is 32.7 Å². The molecule has 1 aromatic rings. The maximum Gasteiger partial charge on any atom is 0.0897 e. The molecule has 0 radical (unpaired) electrons. The standard InChI is InChI=1S/C15H26N2S/c1-4-6-7-8-9-10-14(16-5-2)11-15-12-18-13(3)17-15/h4,12,14,16H,1,5-11H2,2-3H3. The minimum Gasteiger partial charge on any atom is -0.314 e. The molecular formula is C15H26N2S. The lowest BCUT2D eigenvalue weighted by molar-refractivity contribution is 0.462. The van der Waals surface area contributed by atoms with Gasteiger partial charge in [-0.1, -0.05) is 25.8 Å². The van der Waals surface area contributed by atoms with E-state index < -0.39 is 0 Å². The van der Waals surface area contributed by atoms with Crippen LogP contribution in [0.1, 0.15) is 49.7 Å². The Bertz CT molecular complexity index is 333. The van der Waals surface area contributed by atoms with Gasteiger partial charge in [-0.25, -0.2) is 4.98 Å². The molecule has 0 aliphatic rings. The van der Waals surface area contributed by atoms with Crippen LogP contribution in [0.3, 0.4) is 0 Å². The van der Waals surface area contributed by atoms with Gasteiger partial charge in [-0.2, -0.15) is 0 Å². The highest BCUT2D eigenvalue weighted by atomic mass is 32.1. The quantitative estimate of drug-likeness (QED) is 0.509. The molecule has 0 saturated carbocycles. The third-order valence-corrected chi connectivity index (χ3v) is 3.90. The Morgan fingerprint density at radius 3 is 2.89 bits per heavy atom. The largest absolute Gasteiger partial charge is 0.314 e. The van der Waals surface area contributed by atoms with Crippen LogP contribution < -0.4 is 5.32 Å². The van der Waals surface area contributed by atoms with Gasteiger partial charge >= 0.3 is 0 Å². The van der Waals surface area contributed by atoms with Gasteiger partial charge in [-0.15, -0.1) is 17.9 Å². The van der Waals surface area contributed by atoms with Gasteiger partial charge in [0.2, 0.25) is 0 Å². The summed E-state index contributed by atoms with van der Waals surface area (Å²) < 4.78 is 0. The lowest BCUT2D eigenvalue weighted by Gasteiger charge is -2.16. The van der Waals surface area contributed by atoms with Crippen molar-refractivity contribution in [2.75, 3.05) is 6.54 Å². The molecule has 1 aromatic heterocycles. The molecule has 102 valence electrons. The van der Waals surface area contributed by atoms with Crippen LogP contribution in [0.2, 0.25) is 0 Å². The van der Waals surface area contributed by atoms with Crippen LogP contribution in [0.25, 0.3) is 0 Å². The van der Waals surface area contributed by atoms with Gasteiger partial charge < -0.3 is 5.32 Å². The molecular weight excluding hydrogens is 240 g/mol. The van der Waals surface area contributed by atoms with E-state index in [1.165, 1.54) is 36.4 Å². The number of nitrogens with zero attached hydrogens (tertiary/aromatic N) is 1. The van der Waals surface area contributed by atoms with Gasteiger partial charge in [-0.3, -0.25) is 0 Å². The molecule has 0 amide bonds. The van der Waals surface area contributed by atoms with E-state index in [4.69, 9.17) is 0 Å². The van der Waals surface area contributed by atoms with E-state index in [1.807, 2.05) is 6.08 Å². The van der Waals surface area contributed by atoms with Crippen molar-refractivity contribution in [2.24, 2.45) is 0 Å². The van der Waals surface area contributed by atoms with Crippen molar-refractivity contribution < 1.29 is 0 Å². The minimum atomic E-state index is 0.584. The second kappa shape index (κ2) is 9.29.